The van der Waals surface area contributed by atoms with Crippen LogP contribution in [-0.2, 0) is 18.4 Å². The van der Waals surface area contributed by atoms with Gasteiger partial charge in [0.1, 0.15) is 0 Å². The number of rotatable bonds is 6. The van der Waals surface area contributed by atoms with E-state index in [-0.39, 0.29) is 23.9 Å². The lowest BCUT2D eigenvalue weighted by molar-refractivity contribution is 0.0113. The third-order valence-electron chi connectivity index (χ3n) is 5.28. The fraction of sp³-hybridized carbons (Fsp3) is 0.364. The Morgan fingerprint density at radius 3 is 2.69 bits per heavy atom. The topological polar surface area (TPSA) is 81.9 Å². The van der Waals surface area contributed by atoms with Gasteiger partial charge in [0.25, 0.3) is 5.91 Å². The van der Waals surface area contributed by atoms with Crippen LogP contribution in [0.3, 0.4) is 0 Å². The number of nitrogens with zero attached hydrogens (tertiary/aromatic N) is 4. The van der Waals surface area contributed by atoms with Crippen LogP contribution in [0.2, 0.25) is 0 Å². The Morgan fingerprint density at radius 2 is 1.97 bits per heavy atom. The number of nitrogens with one attached hydrogen (secondary N) is 1. The molecule has 0 bridgehead atoms. The van der Waals surface area contributed by atoms with Crippen molar-refractivity contribution in [3.63, 3.8) is 0 Å². The van der Waals surface area contributed by atoms with E-state index in [1.165, 1.54) is 5.56 Å². The predicted octanol–water partition coefficient (Wildman–Crippen LogP) is 3.13. The average Bonchev–Trinajstić information content (AvgIpc) is 3.20. The van der Waals surface area contributed by atoms with Crippen molar-refractivity contribution in [1.82, 2.24) is 24.8 Å². The fourth-order valence-corrected chi connectivity index (χ4v) is 3.63. The van der Waals surface area contributed by atoms with Gasteiger partial charge < -0.3 is 14.6 Å². The number of carbonyl (C=O) groups excluding carboxylic acids is 1. The Bertz CT molecular complexity index is 949. The number of benzene rings is 1. The van der Waals surface area contributed by atoms with E-state index in [2.05, 4.69) is 32.4 Å². The molecular weight excluding hydrogens is 366 g/mol. The maximum absolute atomic E-state index is 12.6. The van der Waals surface area contributed by atoms with Crippen molar-refractivity contribution in [3.8, 4) is 11.4 Å². The minimum Gasteiger partial charge on any atom is -0.374 e. The molecule has 4 rings (SSSR count). The molecule has 7 heteroatoms. The van der Waals surface area contributed by atoms with Crippen molar-refractivity contribution in [3.05, 3.63) is 66.5 Å². The van der Waals surface area contributed by atoms with Crippen molar-refractivity contribution in [2.75, 3.05) is 0 Å². The molecule has 2 aromatic heterocycles. The predicted molar refractivity (Wildman–Crippen MR) is 109 cm³/mol. The van der Waals surface area contributed by atoms with E-state index >= 15 is 0 Å². The zero-order chi connectivity index (χ0) is 20.1. The van der Waals surface area contributed by atoms with Crippen LogP contribution in [0.15, 0.2) is 55.1 Å². The molecule has 1 N–H and O–H groups in total. The van der Waals surface area contributed by atoms with Gasteiger partial charge in [-0.25, -0.2) is 15.0 Å². The quantitative estimate of drug-likeness (QED) is 0.698. The second kappa shape index (κ2) is 8.96. The van der Waals surface area contributed by atoms with E-state index in [0.717, 1.165) is 31.4 Å². The molecule has 0 spiro atoms. The largest absolute Gasteiger partial charge is 0.374 e. The summed E-state index contributed by atoms with van der Waals surface area (Å²) in [6.07, 6.45) is 8.95. The summed E-state index contributed by atoms with van der Waals surface area (Å²) in [5.74, 6) is -0.0474. The molecule has 0 radical (unpaired) electrons. The number of amides is 1. The Hall–Kier alpha value is -3.06. The van der Waals surface area contributed by atoms with Crippen LogP contribution in [-0.4, -0.2) is 37.6 Å². The molecule has 3 aromatic rings. The molecule has 1 aromatic carbocycles. The molecule has 2 heterocycles. The van der Waals surface area contributed by atoms with Gasteiger partial charge >= 0.3 is 0 Å². The number of hydrogen-bond acceptors (Lipinski definition) is 5. The lowest BCUT2D eigenvalue weighted by Crippen LogP contribution is -2.39. The van der Waals surface area contributed by atoms with Gasteiger partial charge in [-0.15, -0.1) is 0 Å². The molecule has 1 saturated carbocycles. The van der Waals surface area contributed by atoms with Gasteiger partial charge in [0.05, 0.1) is 36.6 Å². The number of aryl methyl sites for hydroxylation is 1. The molecular formula is C22H25N5O2. The lowest BCUT2D eigenvalue weighted by Gasteiger charge is -2.29. The van der Waals surface area contributed by atoms with E-state index in [4.69, 9.17) is 4.74 Å². The Morgan fingerprint density at radius 1 is 1.17 bits per heavy atom. The zero-order valence-electron chi connectivity index (χ0n) is 16.5. The third kappa shape index (κ3) is 4.86. The SMILES string of the molecule is Cn1cncc1-c1ccnc(C(=O)NC2CCC(OCc3ccccc3)CC2)n1. The monoisotopic (exact) mass is 391 g/mol. The highest BCUT2D eigenvalue weighted by molar-refractivity contribution is 5.91. The van der Waals surface area contributed by atoms with Crippen molar-refractivity contribution >= 4 is 5.91 Å². The molecule has 0 saturated heterocycles. The summed E-state index contributed by atoms with van der Waals surface area (Å²) in [5, 5.41) is 3.07. The third-order valence-corrected chi connectivity index (χ3v) is 5.28. The summed E-state index contributed by atoms with van der Waals surface area (Å²) in [7, 11) is 1.89. The highest BCUT2D eigenvalue weighted by atomic mass is 16.5. The van der Waals surface area contributed by atoms with Crippen LogP contribution in [0, 0.1) is 0 Å². The zero-order valence-corrected chi connectivity index (χ0v) is 16.5. The molecule has 1 aliphatic carbocycles. The number of imidazole rings is 1. The molecule has 1 aliphatic rings. The molecule has 0 atom stereocenters. The molecule has 0 unspecified atom stereocenters. The van der Waals surface area contributed by atoms with E-state index in [9.17, 15) is 4.79 Å². The first kappa shape index (κ1) is 19.3. The summed E-state index contributed by atoms with van der Waals surface area (Å²) in [4.78, 5) is 25.3. The summed E-state index contributed by atoms with van der Waals surface area (Å²) in [5.41, 5.74) is 2.72. The van der Waals surface area contributed by atoms with E-state index in [0.29, 0.717) is 12.3 Å². The minimum absolute atomic E-state index is 0.128. The Balaban J connectivity index is 1.28. The maximum Gasteiger partial charge on any atom is 0.289 e. The van der Waals surface area contributed by atoms with Gasteiger partial charge in [-0.05, 0) is 37.3 Å². The second-order valence-corrected chi connectivity index (χ2v) is 7.40. The number of aromatic nitrogens is 4. The molecule has 1 amide bonds. The summed E-state index contributed by atoms with van der Waals surface area (Å²) < 4.78 is 7.89. The van der Waals surface area contributed by atoms with Crippen molar-refractivity contribution in [2.24, 2.45) is 7.05 Å². The number of carbonyl (C=O) groups is 1. The summed E-state index contributed by atoms with van der Waals surface area (Å²) in [6, 6.07) is 12.1. The van der Waals surface area contributed by atoms with E-state index in [1.54, 1.807) is 24.8 Å². The van der Waals surface area contributed by atoms with Gasteiger partial charge in [-0.1, -0.05) is 30.3 Å². The van der Waals surface area contributed by atoms with Crippen molar-refractivity contribution in [2.45, 2.75) is 44.4 Å². The van der Waals surface area contributed by atoms with Gasteiger partial charge in [0, 0.05) is 19.3 Å². The highest BCUT2D eigenvalue weighted by Crippen LogP contribution is 2.23. The first-order valence-electron chi connectivity index (χ1n) is 9.95. The smallest absolute Gasteiger partial charge is 0.289 e. The molecule has 0 aliphatic heterocycles. The van der Waals surface area contributed by atoms with Gasteiger partial charge in [0.2, 0.25) is 5.82 Å². The first-order valence-corrected chi connectivity index (χ1v) is 9.95. The highest BCUT2D eigenvalue weighted by Gasteiger charge is 2.24. The average molecular weight is 391 g/mol. The van der Waals surface area contributed by atoms with Crippen LogP contribution in [0.1, 0.15) is 41.9 Å². The molecule has 7 nitrogen and oxygen atoms in total. The maximum atomic E-state index is 12.6. The molecule has 29 heavy (non-hydrogen) atoms. The lowest BCUT2D eigenvalue weighted by atomic mass is 9.93. The van der Waals surface area contributed by atoms with Crippen LogP contribution < -0.4 is 5.32 Å². The number of hydrogen-bond donors (Lipinski definition) is 1. The van der Waals surface area contributed by atoms with Crippen LogP contribution in [0.5, 0.6) is 0 Å². The van der Waals surface area contributed by atoms with Crippen LogP contribution in [0.25, 0.3) is 11.4 Å². The van der Waals surface area contributed by atoms with Crippen LogP contribution >= 0.6 is 0 Å². The first-order chi connectivity index (χ1) is 14.2. The normalized spacial score (nSPS) is 19.1. The van der Waals surface area contributed by atoms with Gasteiger partial charge in [0.15, 0.2) is 0 Å². The number of ether oxygens (including phenoxy) is 1. The Kier molecular flexibility index (Phi) is 5.95. The minimum atomic E-state index is -0.234. The Labute approximate surface area is 170 Å². The standard InChI is InChI=1S/C22H25N5O2/c1-27-15-23-13-20(27)19-11-12-24-21(26-19)22(28)25-17-7-9-18(10-8-17)29-14-16-5-3-2-4-6-16/h2-6,11-13,15,17-18H,7-10,14H2,1H3,(H,25,28). The molecule has 1 fully saturated rings. The summed E-state index contributed by atoms with van der Waals surface area (Å²) in [6.45, 7) is 0.636. The van der Waals surface area contributed by atoms with Gasteiger partial charge in [-0.2, -0.15) is 0 Å². The van der Waals surface area contributed by atoms with Gasteiger partial charge in [-0.3, -0.25) is 4.79 Å². The second-order valence-electron chi connectivity index (χ2n) is 7.40. The molecule has 150 valence electrons. The summed E-state index contributed by atoms with van der Waals surface area (Å²) >= 11 is 0. The van der Waals surface area contributed by atoms with Crippen molar-refractivity contribution in [1.29, 1.82) is 0 Å². The van der Waals surface area contributed by atoms with Crippen LogP contribution in [0.4, 0.5) is 0 Å². The van der Waals surface area contributed by atoms with Crippen molar-refractivity contribution < 1.29 is 9.53 Å². The van der Waals surface area contributed by atoms with E-state index in [1.807, 2.05) is 29.8 Å². The fourth-order valence-electron chi connectivity index (χ4n) is 3.63. The van der Waals surface area contributed by atoms with E-state index < -0.39 is 0 Å².